The van der Waals surface area contributed by atoms with Crippen LogP contribution in [0.25, 0.3) is 0 Å². The van der Waals surface area contributed by atoms with Gasteiger partial charge in [0.15, 0.2) is 5.69 Å². The van der Waals surface area contributed by atoms with E-state index in [2.05, 4.69) is 9.84 Å². The molecule has 16 heavy (non-hydrogen) atoms. The van der Waals surface area contributed by atoms with Crippen molar-refractivity contribution in [2.24, 2.45) is 7.05 Å². The van der Waals surface area contributed by atoms with Gasteiger partial charge in [-0.2, -0.15) is 5.10 Å². The Morgan fingerprint density at radius 3 is 2.81 bits per heavy atom. The van der Waals surface area contributed by atoms with Gasteiger partial charge in [-0.25, -0.2) is 4.79 Å². The monoisotopic (exact) mass is 226 g/mol. The number of aryl methyl sites for hydroxylation is 2. The van der Waals surface area contributed by atoms with E-state index in [1.54, 1.807) is 17.8 Å². The van der Waals surface area contributed by atoms with Crippen LogP contribution >= 0.6 is 0 Å². The van der Waals surface area contributed by atoms with E-state index in [4.69, 9.17) is 5.11 Å². The number of rotatable bonds is 5. The van der Waals surface area contributed by atoms with Crippen molar-refractivity contribution in [1.29, 1.82) is 0 Å². The summed E-state index contributed by atoms with van der Waals surface area (Å²) in [5.74, 6) is -1.31. The summed E-state index contributed by atoms with van der Waals surface area (Å²) in [6.07, 6.45) is 1.21. The van der Waals surface area contributed by atoms with Crippen molar-refractivity contribution in [2.45, 2.75) is 19.3 Å². The molecule has 1 aromatic rings. The van der Waals surface area contributed by atoms with Crippen molar-refractivity contribution in [3.63, 3.8) is 0 Å². The highest BCUT2D eigenvalue weighted by Gasteiger charge is 2.12. The van der Waals surface area contributed by atoms with E-state index in [9.17, 15) is 9.59 Å². The quantitative estimate of drug-likeness (QED) is 0.744. The Kier molecular flexibility index (Phi) is 4.04. The number of carbonyl (C=O) groups is 2. The van der Waals surface area contributed by atoms with Gasteiger partial charge in [-0.3, -0.25) is 9.48 Å². The molecule has 0 amide bonds. The molecule has 0 aromatic carbocycles. The zero-order valence-corrected chi connectivity index (χ0v) is 9.27. The van der Waals surface area contributed by atoms with Gasteiger partial charge in [0.05, 0.1) is 7.11 Å². The number of ether oxygens (including phenoxy) is 1. The van der Waals surface area contributed by atoms with Crippen molar-refractivity contribution in [2.75, 3.05) is 7.11 Å². The first-order chi connectivity index (χ1) is 7.54. The summed E-state index contributed by atoms with van der Waals surface area (Å²) in [6.45, 7) is 0. The average molecular weight is 226 g/mol. The molecule has 1 rings (SSSR count). The molecule has 1 aromatic heterocycles. The number of carboxylic acid groups (broad SMARTS) is 1. The van der Waals surface area contributed by atoms with Crippen LogP contribution in [0.4, 0.5) is 0 Å². The summed E-state index contributed by atoms with van der Waals surface area (Å²) < 4.78 is 6.10. The largest absolute Gasteiger partial charge is 0.481 e. The molecule has 0 radical (unpaired) electrons. The van der Waals surface area contributed by atoms with E-state index in [0.717, 1.165) is 5.69 Å². The van der Waals surface area contributed by atoms with Crippen molar-refractivity contribution < 1.29 is 19.4 Å². The fourth-order valence-electron chi connectivity index (χ4n) is 1.36. The van der Waals surface area contributed by atoms with E-state index in [1.165, 1.54) is 7.11 Å². The predicted octanol–water partition coefficient (Wildman–Crippen LogP) is 0.614. The normalized spacial score (nSPS) is 10.1. The third-order valence-electron chi connectivity index (χ3n) is 2.19. The van der Waals surface area contributed by atoms with Gasteiger partial charge in [0, 0.05) is 19.2 Å². The molecule has 1 N–H and O–H groups in total. The third kappa shape index (κ3) is 3.08. The second kappa shape index (κ2) is 5.29. The standard InChI is InChI=1S/C10H14N2O4/c1-12-7(4-3-5-9(13)14)6-8(11-12)10(15)16-2/h6H,3-5H2,1-2H3,(H,13,14). The highest BCUT2D eigenvalue weighted by atomic mass is 16.5. The predicted molar refractivity (Wildman–Crippen MR) is 55.1 cm³/mol. The number of methoxy groups -OCH3 is 1. The molecule has 0 aliphatic carbocycles. The molecule has 0 fully saturated rings. The second-order valence-corrected chi connectivity index (χ2v) is 3.38. The number of carbonyl (C=O) groups excluding carboxylic acids is 1. The van der Waals surface area contributed by atoms with E-state index < -0.39 is 11.9 Å². The minimum absolute atomic E-state index is 0.110. The van der Waals surface area contributed by atoms with Crippen LogP contribution in [0.3, 0.4) is 0 Å². The second-order valence-electron chi connectivity index (χ2n) is 3.38. The van der Waals surface area contributed by atoms with E-state index in [1.807, 2.05) is 0 Å². The Bertz CT molecular complexity index is 398. The first-order valence-electron chi connectivity index (χ1n) is 4.87. The fourth-order valence-corrected chi connectivity index (χ4v) is 1.36. The summed E-state index contributed by atoms with van der Waals surface area (Å²) in [6, 6.07) is 1.62. The summed E-state index contributed by atoms with van der Waals surface area (Å²) >= 11 is 0. The van der Waals surface area contributed by atoms with Gasteiger partial charge in [0.2, 0.25) is 0 Å². The van der Waals surface area contributed by atoms with Gasteiger partial charge < -0.3 is 9.84 Å². The van der Waals surface area contributed by atoms with Gasteiger partial charge in [0.25, 0.3) is 0 Å². The highest BCUT2D eigenvalue weighted by Crippen LogP contribution is 2.08. The molecule has 0 aliphatic heterocycles. The first kappa shape index (κ1) is 12.2. The van der Waals surface area contributed by atoms with Crippen molar-refractivity contribution in [1.82, 2.24) is 9.78 Å². The SMILES string of the molecule is COC(=O)c1cc(CCCC(=O)O)n(C)n1. The Balaban J connectivity index is 2.63. The summed E-state index contributed by atoms with van der Waals surface area (Å²) in [5.41, 5.74) is 1.07. The molecule has 88 valence electrons. The van der Waals surface area contributed by atoms with Gasteiger partial charge in [-0.1, -0.05) is 0 Å². The molecule has 0 saturated carbocycles. The minimum Gasteiger partial charge on any atom is -0.481 e. The maximum Gasteiger partial charge on any atom is 0.358 e. The maximum atomic E-state index is 11.2. The molecule has 0 saturated heterocycles. The smallest absolute Gasteiger partial charge is 0.358 e. The number of aromatic nitrogens is 2. The summed E-state index contributed by atoms with van der Waals surface area (Å²) in [7, 11) is 3.00. The molecule has 0 bridgehead atoms. The lowest BCUT2D eigenvalue weighted by molar-refractivity contribution is -0.137. The average Bonchev–Trinajstić information content (AvgIpc) is 2.59. The van der Waals surface area contributed by atoms with Crippen molar-refractivity contribution in [3.05, 3.63) is 17.5 Å². The Labute approximate surface area is 92.8 Å². The molecule has 0 atom stereocenters. The van der Waals surface area contributed by atoms with Crippen molar-refractivity contribution >= 4 is 11.9 Å². The Morgan fingerprint density at radius 1 is 1.56 bits per heavy atom. The number of nitrogens with zero attached hydrogens (tertiary/aromatic N) is 2. The van der Waals surface area contributed by atoms with Crippen LogP contribution in [-0.2, 0) is 23.0 Å². The minimum atomic E-state index is -0.824. The molecule has 0 unspecified atom stereocenters. The zero-order chi connectivity index (χ0) is 12.1. The maximum absolute atomic E-state index is 11.2. The van der Waals surface area contributed by atoms with Crippen LogP contribution < -0.4 is 0 Å². The fraction of sp³-hybridized carbons (Fsp3) is 0.500. The molecular formula is C10H14N2O4. The number of hydrogen-bond donors (Lipinski definition) is 1. The zero-order valence-electron chi connectivity index (χ0n) is 9.27. The molecule has 6 nitrogen and oxygen atoms in total. The van der Waals surface area contributed by atoms with Gasteiger partial charge in [-0.05, 0) is 18.9 Å². The van der Waals surface area contributed by atoms with Crippen LogP contribution in [0, 0.1) is 0 Å². The first-order valence-corrected chi connectivity index (χ1v) is 4.87. The number of carboxylic acids is 1. The molecule has 1 heterocycles. The number of hydrogen-bond acceptors (Lipinski definition) is 4. The topological polar surface area (TPSA) is 81.4 Å². The van der Waals surface area contributed by atoms with Crippen LogP contribution in [-0.4, -0.2) is 33.9 Å². The third-order valence-corrected chi connectivity index (χ3v) is 2.19. The van der Waals surface area contributed by atoms with Gasteiger partial charge >= 0.3 is 11.9 Å². The molecule has 0 aliphatic rings. The number of aliphatic carboxylic acids is 1. The van der Waals surface area contributed by atoms with E-state index in [0.29, 0.717) is 12.8 Å². The Hall–Kier alpha value is -1.85. The van der Waals surface area contributed by atoms with E-state index in [-0.39, 0.29) is 12.1 Å². The molecule has 0 spiro atoms. The van der Waals surface area contributed by atoms with Crippen LogP contribution in [0.5, 0.6) is 0 Å². The summed E-state index contributed by atoms with van der Waals surface area (Å²) in [5, 5.41) is 12.5. The lowest BCUT2D eigenvalue weighted by Gasteiger charge is -1.98. The lowest BCUT2D eigenvalue weighted by Crippen LogP contribution is -2.03. The van der Waals surface area contributed by atoms with Crippen LogP contribution in [0.15, 0.2) is 6.07 Å². The number of esters is 1. The van der Waals surface area contributed by atoms with Gasteiger partial charge in [-0.15, -0.1) is 0 Å². The van der Waals surface area contributed by atoms with Crippen LogP contribution in [0.2, 0.25) is 0 Å². The molecule has 6 heteroatoms. The van der Waals surface area contributed by atoms with E-state index >= 15 is 0 Å². The highest BCUT2D eigenvalue weighted by molar-refractivity contribution is 5.87. The summed E-state index contributed by atoms with van der Waals surface area (Å²) in [4.78, 5) is 21.5. The molecular weight excluding hydrogens is 212 g/mol. The van der Waals surface area contributed by atoms with Gasteiger partial charge in [0.1, 0.15) is 0 Å². The Morgan fingerprint density at radius 2 is 2.25 bits per heavy atom. The lowest BCUT2D eigenvalue weighted by atomic mass is 10.2. The van der Waals surface area contributed by atoms with Crippen LogP contribution in [0.1, 0.15) is 29.0 Å². The van der Waals surface area contributed by atoms with Crippen molar-refractivity contribution in [3.8, 4) is 0 Å².